The second kappa shape index (κ2) is 5.18. The number of nitrogens with zero attached hydrogens (tertiary/aromatic N) is 2. The minimum absolute atomic E-state index is 0.0762. The lowest BCUT2D eigenvalue weighted by Gasteiger charge is -2.04. The van der Waals surface area contributed by atoms with Crippen molar-refractivity contribution < 1.29 is 9.34 Å². The monoisotopic (exact) mass is 311 g/mol. The number of rotatable bonds is 4. The van der Waals surface area contributed by atoms with Gasteiger partial charge >= 0.3 is 5.69 Å². The van der Waals surface area contributed by atoms with Crippen LogP contribution >= 0.6 is 15.9 Å². The van der Waals surface area contributed by atoms with Crippen LogP contribution in [0.1, 0.15) is 11.5 Å². The van der Waals surface area contributed by atoms with Crippen LogP contribution in [-0.4, -0.2) is 9.91 Å². The number of hydrogen-bond acceptors (Lipinski definition) is 5. The van der Waals surface area contributed by atoms with Gasteiger partial charge in [-0.3, -0.25) is 10.1 Å². The molecule has 0 bridgehead atoms. The van der Waals surface area contributed by atoms with Crippen molar-refractivity contribution in [2.75, 3.05) is 5.32 Å². The summed E-state index contributed by atoms with van der Waals surface area (Å²) in [5.74, 6) is 1.72. The Morgan fingerprint density at radius 1 is 1.56 bits per heavy atom. The zero-order valence-corrected chi connectivity index (χ0v) is 11.1. The largest absolute Gasteiger partial charge is 0.465 e. The van der Waals surface area contributed by atoms with Crippen LogP contribution in [0.15, 0.2) is 33.3 Å². The van der Waals surface area contributed by atoms with E-state index < -0.39 is 4.92 Å². The third-order valence-electron chi connectivity index (χ3n) is 2.26. The van der Waals surface area contributed by atoms with Crippen molar-refractivity contribution in [2.45, 2.75) is 13.5 Å². The van der Waals surface area contributed by atoms with Crippen LogP contribution < -0.4 is 5.32 Å². The number of aromatic nitrogens is 1. The fraction of sp³-hybridized carbons (Fsp3) is 0.182. The van der Waals surface area contributed by atoms with E-state index in [2.05, 4.69) is 26.2 Å². The zero-order valence-electron chi connectivity index (χ0n) is 9.51. The predicted molar refractivity (Wildman–Crippen MR) is 69.4 cm³/mol. The highest BCUT2D eigenvalue weighted by atomic mass is 79.9. The summed E-state index contributed by atoms with van der Waals surface area (Å²) in [5, 5.41) is 13.8. The molecule has 2 aromatic heterocycles. The normalized spacial score (nSPS) is 10.3. The first-order valence-electron chi connectivity index (χ1n) is 5.15. The lowest BCUT2D eigenvalue weighted by Crippen LogP contribution is -2.04. The molecule has 0 saturated carbocycles. The van der Waals surface area contributed by atoms with Gasteiger partial charge in [-0.2, -0.15) is 0 Å². The van der Waals surface area contributed by atoms with Gasteiger partial charge in [-0.25, -0.2) is 4.98 Å². The van der Waals surface area contributed by atoms with Crippen LogP contribution in [-0.2, 0) is 6.54 Å². The summed E-state index contributed by atoms with van der Waals surface area (Å²) < 4.78 is 5.92. The molecule has 0 atom stereocenters. The molecule has 0 aliphatic carbocycles. The molecule has 0 spiro atoms. The number of furan rings is 1. The molecule has 6 nitrogen and oxygen atoms in total. The fourth-order valence-corrected chi connectivity index (χ4v) is 1.77. The maximum Gasteiger partial charge on any atom is 0.312 e. The quantitative estimate of drug-likeness (QED) is 0.692. The Kier molecular flexibility index (Phi) is 3.61. The molecule has 0 radical (unpaired) electrons. The van der Waals surface area contributed by atoms with Gasteiger partial charge in [-0.05, 0) is 35.0 Å². The molecule has 7 heteroatoms. The highest BCUT2D eigenvalue weighted by Gasteiger charge is 2.15. The van der Waals surface area contributed by atoms with E-state index in [1.165, 1.54) is 12.3 Å². The molecule has 18 heavy (non-hydrogen) atoms. The van der Waals surface area contributed by atoms with Gasteiger partial charge in [0.15, 0.2) is 0 Å². The van der Waals surface area contributed by atoms with Crippen LogP contribution in [0, 0.1) is 17.0 Å². The van der Waals surface area contributed by atoms with Crippen molar-refractivity contribution in [1.82, 2.24) is 4.98 Å². The summed E-state index contributed by atoms with van der Waals surface area (Å²) in [4.78, 5) is 14.4. The molecule has 0 unspecified atom stereocenters. The van der Waals surface area contributed by atoms with E-state index in [-0.39, 0.29) is 11.5 Å². The first kappa shape index (κ1) is 12.6. The molecular weight excluding hydrogens is 302 g/mol. The minimum atomic E-state index is -0.479. The first-order chi connectivity index (χ1) is 8.56. The van der Waals surface area contributed by atoms with Gasteiger partial charge in [0.05, 0.1) is 11.5 Å². The third-order valence-corrected chi connectivity index (χ3v) is 2.69. The van der Waals surface area contributed by atoms with E-state index >= 15 is 0 Å². The Morgan fingerprint density at radius 2 is 2.33 bits per heavy atom. The van der Waals surface area contributed by atoms with Gasteiger partial charge in [0.25, 0.3) is 0 Å². The van der Waals surface area contributed by atoms with Gasteiger partial charge in [0.1, 0.15) is 11.5 Å². The summed E-state index contributed by atoms with van der Waals surface area (Å²) in [6.07, 6.45) is 1.50. The van der Waals surface area contributed by atoms with Crippen LogP contribution in [0.4, 0.5) is 11.5 Å². The second-order valence-corrected chi connectivity index (χ2v) is 4.56. The molecule has 94 valence electrons. The second-order valence-electron chi connectivity index (χ2n) is 3.64. The van der Waals surface area contributed by atoms with Gasteiger partial charge in [0, 0.05) is 16.7 Å². The minimum Gasteiger partial charge on any atom is -0.465 e. The van der Waals surface area contributed by atoms with Crippen molar-refractivity contribution in [3.8, 4) is 0 Å². The number of anilines is 1. The van der Waals surface area contributed by atoms with Crippen molar-refractivity contribution in [3.05, 3.63) is 50.5 Å². The van der Waals surface area contributed by atoms with Crippen LogP contribution in [0.25, 0.3) is 0 Å². The van der Waals surface area contributed by atoms with E-state index in [0.29, 0.717) is 16.8 Å². The molecule has 0 aliphatic rings. The fourth-order valence-electron chi connectivity index (χ4n) is 1.45. The van der Waals surface area contributed by atoms with Gasteiger partial charge < -0.3 is 9.73 Å². The Balaban J connectivity index is 2.16. The molecule has 2 heterocycles. The molecule has 0 aliphatic heterocycles. The number of nitro groups is 1. The predicted octanol–water partition coefficient (Wildman–Crippen LogP) is 3.27. The molecule has 0 fully saturated rings. The standard InChI is InChI=1S/C11H10BrN3O3/c1-7-2-3-9(18-7)6-14-11-10(15(16)17)4-8(12)5-13-11/h2-5H,6H2,1H3,(H,13,14). The van der Waals surface area contributed by atoms with E-state index in [4.69, 9.17) is 4.42 Å². The molecule has 0 saturated heterocycles. The maximum atomic E-state index is 10.9. The first-order valence-corrected chi connectivity index (χ1v) is 5.94. The summed E-state index contributed by atoms with van der Waals surface area (Å²) in [6.45, 7) is 2.19. The summed E-state index contributed by atoms with van der Waals surface area (Å²) in [6, 6.07) is 5.05. The summed E-state index contributed by atoms with van der Waals surface area (Å²) in [5.41, 5.74) is -0.0762. The van der Waals surface area contributed by atoms with Crippen LogP contribution in [0.2, 0.25) is 0 Å². The van der Waals surface area contributed by atoms with Crippen LogP contribution in [0.5, 0.6) is 0 Å². The molecule has 0 aromatic carbocycles. The Bertz CT molecular complexity index is 583. The van der Waals surface area contributed by atoms with Gasteiger partial charge in [0.2, 0.25) is 5.82 Å². The number of nitrogens with one attached hydrogen (secondary N) is 1. The van der Waals surface area contributed by atoms with Crippen molar-refractivity contribution in [3.63, 3.8) is 0 Å². The van der Waals surface area contributed by atoms with E-state index in [9.17, 15) is 10.1 Å². The number of hydrogen-bond donors (Lipinski definition) is 1. The average Bonchev–Trinajstić information content (AvgIpc) is 2.73. The average molecular weight is 312 g/mol. The Labute approximate surface area is 111 Å². The third kappa shape index (κ3) is 2.86. The summed E-state index contributed by atoms with van der Waals surface area (Å²) in [7, 11) is 0. The van der Waals surface area contributed by atoms with Crippen molar-refractivity contribution in [2.24, 2.45) is 0 Å². The molecule has 0 amide bonds. The van der Waals surface area contributed by atoms with E-state index in [1.54, 1.807) is 0 Å². The van der Waals surface area contributed by atoms with Gasteiger partial charge in [-0.1, -0.05) is 0 Å². The molecule has 1 N–H and O–H groups in total. The SMILES string of the molecule is Cc1ccc(CNc2ncc(Br)cc2[N+](=O)[O-])o1. The molecule has 2 aromatic rings. The van der Waals surface area contributed by atoms with Crippen molar-refractivity contribution in [1.29, 1.82) is 0 Å². The Hall–Kier alpha value is -1.89. The van der Waals surface area contributed by atoms with E-state index in [1.807, 2.05) is 19.1 Å². The highest BCUT2D eigenvalue weighted by Crippen LogP contribution is 2.25. The number of halogens is 1. The van der Waals surface area contributed by atoms with Crippen molar-refractivity contribution >= 4 is 27.4 Å². The summed E-state index contributed by atoms with van der Waals surface area (Å²) >= 11 is 3.15. The van der Waals surface area contributed by atoms with E-state index in [0.717, 1.165) is 5.76 Å². The zero-order chi connectivity index (χ0) is 13.1. The molecular formula is C11H10BrN3O3. The van der Waals surface area contributed by atoms with Gasteiger partial charge in [-0.15, -0.1) is 0 Å². The highest BCUT2D eigenvalue weighted by molar-refractivity contribution is 9.10. The maximum absolute atomic E-state index is 10.9. The number of aryl methyl sites for hydroxylation is 1. The molecule has 2 rings (SSSR count). The Morgan fingerprint density at radius 3 is 2.94 bits per heavy atom. The lowest BCUT2D eigenvalue weighted by atomic mass is 10.3. The smallest absolute Gasteiger partial charge is 0.312 e. The number of pyridine rings is 1. The topological polar surface area (TPSA) is 81.2 Å². The van der Waals surface area contributed by atoms with Crippen LogP contribution in [0.3, 0.4) is 0 Å². The lowest BCUT2D eigenvalue weighted by molar-refractivity contribution is -0.384.